The number of halogens is 1. The second kappa shape index (κ2) is 6.67. The molecule has 1 aromatic heterocycles. The van der Waals surface area contributed by atoms with Crippen molar-refractivity contribution >= 4 is 17.5 Å². The number of carbonyl (C=O) groups is 1. The first-order chi connectivity index (χ1) is 8.08. The molecule has 0 aliphatic carbocycles. The van der Waals surface area contributed by atoms with E-state index in [1.54, 1.807) is 12.3 Å². The summed E-state index contributed by atoms with van der Waals surface area (Å²) in [5.41, 5.74) is 0.542. The number of aliphatic hydroxyl groups is 1. The maximum atomic E-state index is 11.9. The molecule has 17 heavy (non-hydrogen) atoms. The van der Waals surface area contributed by atoms with Gasteiger partial charge in [0, 0.05) is 19.3 Å². The smallest absolute Gasteiger partial charge is 0.268 e. The highest BCUT2D eigenvalue weighted by Gasteiger charge is 2.13. The summed E-state index contributed by atoms with van der Waals surface area (Å²) in [7, 11) is 0. The quantitative estimate of drug-likeness (QED) is 0.821. The minimum Gasteiger partial charge on any atom is -0.391 e. The maximum Gasteiger partial charge on any atom is 0.268 e. The molecule has 1 unspecified atom stereocenters. The van der Waals surface area contributed by atoms with Gasteiger partial charge in [-0.25, -0.2) is 0 Å². The summed E-state index contributed by atoms with van der Waals surface area (Å²) < 4.78 is 1.83. The van der Waals surface area contributed by atoms with Gasteiger partial charge in [0.25, 0.3) is 5.91 Å². The van der Waals surface area contributed by atoms with Crippen LogP contribution in [0.2, 0.25) is 5.02 Å². The first kappa shape index (κ1) is 14.1. The zero-order chi connectivity index (χ0) is 12.8. The molecule has 2 N–H and O–H groups in total. The van der Waals surface area contributed by atoms with Crippen molar-refractivity contribution < 1.29 is 9.90 Å². The average molecular weight is 259 g/mol. The van der Waals surface area contributed by atoms with Crippen LogP contribution < -0.4 is 5.32 Å². The Morgan fingerprint density at radius 3 is 2.88 bits per heavy atom. The number of carbonyl (C=O) groups excluding carboxylic acids is 1. The van der Waals surface area contributed by atoms with Crippen LogP contribution in [0.1, 0.15) is 37.2 Å². The summed E-state index contributed by atoms with van der Waals surface area (Å²) in [5.74, 6) is -0.196. The van der Waals surface area contributed by atoms with Crippen LogP contribution in [-0.4, -0.2) is 28.2 Å². The van der Waals surface area contributed by atoms with Crippen molar-refractivity contribution in [3.63, 3.8) is 0 Å². The van der Waals surface area contributed by atoms with Gasteiger partial charge in [0.05, 0.1) is 11.1 Å². The SMILES string of the molecule is CCCn1cc(Cl)cc1C(=O)NCC(O)CC. The lowest BCUT2D eigenvalue weighted by molar-refractivity contribution is 0.0904. The first-order valence-corrected chi connectivity index (χ1v) is 6.28. The maximum absolute atomic E-state index is 11.9. The van der Waals surface area contributed by atoms with Crippen LogP contribution in [0.15, 0.2) is 12.3 Å². The fourth-order valence-corrected chi connectivity index (χ4v) is 1.76. The topological polar surface area (TPSA) is 54.3 Å². The number of rotatable bonds is 6. The van der Waals surface area contributed by atoms with Crippen LogP contribution in [-0.2, 0) is 6.54 Å². The normalized spacial score (nSPS) is 12.5. The van der Waals surface area contributed by atoms with Gasteiger partial charge in [-0.05, 0) is 18.9 Å². The second-order valence-corrected chi connectivity index (χ2v) is 4.45. The van der Waals surface area contributed by atoms with Gasteiger partial charge >= 0.3 is 0 Å². The lowest BCUT2D eigenvalue weighted by Crippen LogP contribution is -2.32. The minimum atomic E-state index is -0.496. The van der Waals surface area contributed by atoms with Crippen molar-refractivity contribution in [1.29, 1.82) is 0 Å². The average Bonchev–Trinajstić information content (AvgIpc) is 2.67. The van der Waals surface area contributed by atoms with Gasteiger partial charge in [0.2, 0.25) is 0 Å². The van der Waals surface area contributed by atoms with Crippen molar-refractivity contribution in [2.24, 2.45) is 0 Å². The fourth-order valence-electron chi connectivity index (χ4n) is 1.54. The molecule has 0 radical (unpaired) electrons. The Labute approximate surface area is 107 Å². The van der Waals surface area contributed by atoms with Crippen LogP contribution in [0.4, 0.5) is 0 Å². The molecule has 0 fully saturated rings. The zero-order valence-electron chi connectivity index (χ0n) is 10.2. The number of nitrogens with one attached hydrogen (secondary N) is 1. The van der Waals surface area contributed by atoms with Crippen LogP contribution in [0, 0.1) is 0 Å². The van der Waals surface area contributed by atoms with Crippen molar-refractivity contribution in [2.75, 3.05) is 6.54 Å². The lowest BCUT2D eigenvalue weighted by Gasteiger charge is -2.11. The third-order valence-corrected chi connectivity index (χ3v) is 2.74. The summed E-state index contributed by atoms with van der Waals surface area (Å²) in [6.07, 6.45) is 2.81. The van der Waals surface area contributed by atoms with E-state index in [4.69, 9.17) is 11.6 Å². The number of aryl methyl sites for hydroxylation is 1. The Morgan fingerprint density at radius 1 is 1.59 bits per heavy atom. The monoisotopic (exact) mass is 258 g/mol. The molecule has 96 valence electrons. The van der Waals surface area contributed by atoms with E-state index in [-0.39, 0.29) is 12.5 Å². The number of hydrogen-bond donors (Lipinski definition) is 2. The van der Waals surface area contributed by atoms with Crippen molar-refractivity contribution in [3.05, 3.63) is 23.0 Å². The number of amides is 1. The number of aromatic nitrogens is 1. The molecule has 4 nitrogen and oxygen atoms in total. The summed E-state index contributed by atoms with van der Waals surface area (Å²) in [5, 5.41) is 12.6. The standard InChI is InChI=1S/C12H19ClN2O2/c1-3-5-15-8-9(13)6-11(15)12(17)14-7-10(16)4-2/h6,8,10,16H,3-5,7H2,1-2H3,(H,14,17). The van der Waals surface area contributed by atoms with E-state index >= 15 is 0 Å². The molecular weight excluding hydrogens is 240 g/mol. The highest BCUT2D eigenvalue weighted by molar-refractivity contribution is 6.31. The van der Waals surface area contributed by atoms with Gasteiger partial charge in [0.1, 0.15) is 5.69 Å². The highest BCUT2D eigenvalue weighted by Crippen LogP contribution is 2.14. The van der Waals surface area contributed by atoms with E-state index in [1.807, 2.05) is 18.4 Å². The summed E-state index contributed by atoms with van der Waals surface area (Å²) in [4.78, 5) is 11.9. The van der Waals surface area contributed by atoms with E-state index in [0.717, 1.165) is 13.0 Å². The third kappa shape index (κ3) is 4.06. The van der Waals surface area contributed by atoms with Crippen molar-refractivity contribution in [1.82, 2.24) is 9.88 Å². The van der Waals surface area contributed by atoms with Crippen molar-refractivity contribution in [3.8, 4) is 0 Å². The fraction of sp³-hybridized carbons (Fsp3) is 0.583. The van der Waals surface area contributed by atoms with Gasteiger partial charge in [0.15, 0.2) is 0 Å². The Kier molecular flexibility index (Phi) is 5.51. The Balaban J connectivity index is 2.67. The van der Waals surface area contributed by atoms with Gasteiger partial charge in [-0.15, -0.1) is 0 Å². The molecule has 0 aliphatic heterocycles. The van der Waals surface area contributed by atoms with Gasteiger partial charge in [-0.2, -0.15) is 0 Å². The molecule has 0 aliphatic rings. The molecule has 1 amide bonds. The molecule has 1 heterocycles. The molecule has 1 rings (SSSR count). The molecular formula is C12H19ClN2O2. The van der Waals surface area contributed by atoms with E-state index < -0.39 is 6.10 Å². The minimum absolute atomic E-state index is 0.196. The first-order valence-electron chi connectivity index (χ1n) is 5.90. The number of nitrogens with zero attached hydrogens (tertiary/aromatic N) is 1. The van der Waals surface area contributed by atoms with Crippen molar-refractivity contribution in [2.45, 2.75) is 39.3 Å². The third-order valence-electron chi connectivity index (χ3n) is 2.53. The van der Waals surface area contributed by atoms with E-state index in [1.165, 1.54) is 0 Å². The molecule has 0 aromatic carbocycles. The predicted octanol–water partition coefficient (Wildman–Crippen LogP) is 2.05. The van der Waals surface area contributed by atoms with E-state index in [2.05, 4.69) is 5.32 Å². The Hall–Kier alpha value is -1.00. The van der Waals surface area contributed by atoms with Crippen LogP contribution in [0.5, 0.6) is 0 Å². The Morgan fingerprint density at radius 2 is 2.29 bits per heavy atom. The number of aliphatic hydroxyl groups excluding tert-OH is 1. The molecule has 1 aromatic rings. The summed E-state index contributed by atoms with van der Waals surface area (Å²) in [6.45, 7) is 4.93. The molecule has 5 heteroatoms. The predicted molar refractivity (Wildman–Crippen MR) is 68.4 cm³/mol. The zero-order valence-corrected chi connectivity index (χ0v) is 11.0. The van der Waals surface area contributed by atoms with Crippen LogP contribution >= 0.6 is 11.6 Å². The molecule has 0 saturated carbocycles. The van der Waals surface area contributed by atoms with Gasteiger partial charge < -0.3 is 15.0 Å². The molecule has 0 bridgehead atoms. The van der Waals surface area contributed by atoms with E-state index in [9.17, 15) is 9.90 Å². The highest BCUT2D eigenvalue weighted by atomic mass is 35.5. The Bertz CT molecular complexity index is 377. The van der Waals surface area contributed by atoms with Crippen LogP contribution in [0.25, 0.3) is 0 Å². The lowest BCUT2D eigenvalue weighted by atomic mass is 10.3. The van der Waals surface area contributed by atoms with Gasteiger partial charge in [-0.1, -0.05) is 25.4 Å². The summed E-state index contributed by atoms with van der Waals surface area (Å²) >= 11 is 5.89. The second-order valence-electron chi connectivity index (χ2n) is 4.01. The molecule has 1 atom stereocenters. The summed E-state index contributed by atoms with van der Waals surface area (Å²) in [6, 6.07) is 1.64. The van der Waals surface area contributed by atoms with E-state index in [0.29, 0.717) is 17.1 Å². The molecule has 0 spiro atoms. The van der Waals surface area contributed by atoms with Gasteiger partial charge in [-0.3, -0.25) is 4.79 Å². The van der Waals surface area contributed by atoms with Crippen LogP contribution in [0.3, 0.4) is 0 Å². The number of hydrogen-bond acceptors (Lipinski definition) is 2. The molecule has 0 saturated heterocycles. The largest absolute Gasteiger partial charge is 0.391 e.